The Morgan fingerprint density at radius 1 is 0.950 bits per heavy atom. The Hall–Kier alpha value is -3.92. The van der Waals surface area contributed by atoms with Crippen LogP contribution < -0.4 is 19.9 Å². The van der Waals surface area contributed by atoms with E-state index in [-0.39, 0.29) is 24.4 Å². The molecule has 1 atom stereocenters. The number of ether oxygens (including phenoxy) is 2. The highest BCUT2D eigenvalue weighted by Crippen LogP contribution is 2.37. The predicted molar refractivity (Wildman–Crippen MR) is 152 cm³/mol. The van der Waals surface area contributed by atoms with E-state index < -0.39 is 0 Å². The minimum absolute atomic E-state index is 0.133. The molecule has 3 aliphatic rings. The number of H-pyrrole nitrogens is 1. The number of rotatable bonds is 5. The first-order chi connectivity index (χ1) is 19.5. The van der Waals surface area contributed by atoms with Gasteiger partial charge in [0.25, 0.3) is 5.56 Å². The standard InChI is InChI=1S/C30H35N7O3/c1-19-8-9-20(2)25(14-19)35-10-12-36(13-11-35)28(29-32-33-34-37(29)22-6-4-3-5-7-22)23-15-21-16-26-27(40-18-39-26)17-24(21)31-30(23)38/h8-9,14-17,22,28H,3-7,10-13,18H2,1-2H3,(H,31,38). The first-order valence-electron chi connectivity index (χ1n) is 14.4. The van der Waals surface area contributed by atoms with Gasteiger partial charge in [-0.15, -0.1) is 5.10 Å². The molecule has 208 valence electrons. The Morgan fingerprint density at radius 2 is 1.73 bits per heavy atom. The van der Waals surface area contributed by atoms with E-state index in [0.29, 0.717) is 17.1 Å². The lowest BCUT2D eigenvalue weighted by atomic mass is 9.95. The summed E-state index contributed by atoms with van der Waals surface area (Å²) >= 11 is 0. The average molecular weight is 542 g/mol. The average Bonchev–Trinajstić information content (AvgIpc) is 3.64. The summed E-state index contributed by atoms with van der Waals surface area (Å²) in [4.78, 5) is 21.7. The normalized spacial score (nSPS) is 18.9. The van der Waals surface area contributed by atoms with Crippen LogP contribution in [0.5, 0.6) is 11.5 Å². The quantitative estimate of drug-likeness (QED) is 0.400. The highest BCUT2D eigenvalue weighted by Gasteiger charge is 2.35. The molecule has 1 unspecified atom stereocenters. The van der Waals surface area contributed by atoms with E-state index in [9.17, 15) is 4.79 Å². The number of hydrogen-bond donors (Lipinski definition) is 1. The van der Waals surface area contributed by atoms with Gasteiger partial charge in [0, 0.05) is 48.9 Å². The number of fused-ring (bicyclic) bond motifs is 2. The Labute approximate surface area is 232 Å². The fraction of sp³-hybridized carbons (Fsp3) is 0.467. The van der Waals surface area contributed by atoms with Crippen molar-refractivity contribution >= 4 is 16.6 Å². The second-order valence-electron chi connectivity index (χ2n) is 11.3. The molecule has 4 heterocycles. The van der Waals surface area contributed by atoms with E-state index in [1.54, 1.807) is 0 Å². The SMILES string of the molecule is Cc1ccc(C)c(N2CCN(C(c3cc4cc5c(cc4[nH]c3=O)OCO5)c3nnnn3C3CCCCC3)CC2)c1. The smallest absolute Gasteiger partial charge is 0.253 e. The van der Waals surface area contributed by atoms with Crippen LogP contribution in [-0.4, -0.2) is 63.1 Å². The zero-order valence-corrected chi connectivity index (χ0v) is 23.1. The second kappa shape index (κ2) is 10.2. The molecule has 10 nitrogen and oxygen atoms in total. The van der Waals surface area contributed by atoms with Crippen molar-refractivity contribution in [3.63, 3.8) is 0 Å². The van der Waals surface area contributed by atoms with Crippen molar-refractivity contribution in [2.75, 3.05) is 37.9 Å². The maximum absolute atomic E-state index is 13.7. The van der Waals surface area contributed by atoms with Crippen molar-refractivity contribution in [3.8, 4) is 11.5 Å². The van der Waals surface area contributed by atoms with Gasteiger partial charge in [-0.1, -0.05) is 31.4 Å². The van der Waals surface area contributed by atoms with Gasteiger partial charge in [0.2, 0.25) is 6.79 Å². The molecule has 1 saturated carbocycles. The Kier molecular flexibility index (Phi) is 6.42. The number of benzene rings is 2. The molecule has 7 rings (SSSR count). The van der Waals surface area contributed by atoms with Gasteiger partial charge >= 0.3 is 0 Å². The molecule has 4 aromatic rings. The number of pyridine rings is 1. The number of aromatic amines is 1. The molecule has 0 spiro atoms. The molecule has 2 aromatic heterocycles. The van der Waals surface area contributed by atoms with E-state index in [0.717, 1.165) is 55.7 Å². The van der Waals surface area contributed by atoms with Crippen LogP contribution in [0.4, 0.5) is 5.69 Å². The van der Waals surface area contributed by atoms with Crippen LogP contribution in [0.3, 0.4) is 0 Å². The van der Waals surface area contributed by atoms with Gasteiger partial charge in [0.05, 0.1) is 11.6 Å². The minimum Gasteiger partial charge on any atom is -0.454 e. The van der Waals surface area contributed by atoms with E-state index in [2.05, 4.69) is 62.4 Å². The highest BCUT2D eigenvalue weighted by atomic mass is 16.7. The molecule has 10 heteroatoms. The molecule has 40 heavy (non-hydrogen) atoms. The number of aryl methyl sites for hydroxylation is 2. The summed E-state index contributed by atoms with van der Waals surface area (Å²) in [5.74, 6) is 2.09. The number of nitrogens with one attached hydrogen (secondary N) is 1. The monoisotopic (exact) mass is 541 g/mol. The van der Waals surface area contributed by atoms with E-state index in [1.165, 1.54) is 36.1 Å². The molecule has 2 fully saturated rings. The van der Waals surface area contributed by atoms with Gasteiger partial charge < -0.3 is 19.4 Å². The fourth-order valence-corrected chi connectivity index (χ4v) is 6.56. The molecule has 2 aliphatic heterocycles. The zero-order chi connectivity index (χ0) is 27.2. The van der Waals surface area contributed by atoms with E-state index in [4.69, 9.17) is 9.47 Å². The maximum atomic E-state index is 13.7. The van der Waals surface area contributed by atoms with Crippen molar-refractivity contribution in [3.05, 3.63) is 69.3 Å². The Balaban J connectivity index is 1.28. The fourth-order valence-electron chi connectivity index (χ4n) is 6.56. The number of aromatic nitrogens is 5. The van der Waals surface area contributed by atoms with Gasteiger partial charge in [0.15, 0.2) is 17.3 Å². The van der Waals surface area contributed by atoms with Crippen LogP contribution in [-0.2, 0) is 0 Å². The summed E-state index contributed by atoms with van der Waals surface area (Å²) in [7, 11) is 0. The van der Waals surface area contributed by atoms with Crippen molar-refractivity contribution in [2.45, 2.75) is 58.0 Å². The molecule has 0 radical (unpaired) electrons. The van der Waals surface area contributed by atoms with Gasteiger partial charge in [-0.3, -0.25) is 9.69 Å². The van der Waals surface area contributed by atoms with E-state index in [1.807, 2.05) is 22.9 Å². The van der Waals surface area contributed by atoms with Crippen LogP contribution in [0.15, 0.2) is 41.2 Å². The van der Waals surface area contributed by atoms with Crippen LogP contribution in [0.25, 0.3) is 10.9 Å². The van der Waals surface area contributed by atoms with Gasteiger partial charge in [-0.2, -0.15) is 0 Å². The molecule has 1 saturated heterocycles. The summed E-state index contributed by atoms with van der Waals surface area (Å²) in [6.45, 7) is 7.78. The Bertz CT molecular complexity index is 1600. The van der Waals surface area contributed by atoms with Crippen molar-refractivity contribution < 1.29 is 9.47 Å². The lowest BCUT2D eigenvalue weighted by molar-refractivity contribution is 0.174. The number of nitrogens with zero attached hydrogens (tertiary/aromatic N) is 6. The van der Waals surface area contributed by atoms with Crippen LogP contribution in [0.2, 0.25) is 0 Å². The number of tetrazole rings is 1. The summed E-state index contributed by atoms with van der Waals surface area (Å²) in [6, 6.07) is 12.3. The topological polar surface area (TPSA) is 101 Å². The van der Waals surface area contributed by atoms with Crippen molar-refractivity contribution in [2.24, 2.45) is 0 Å². The lowest BCUT2D eigenvalue weighted by Gasteiger charge is -2.40. The molecule has 1 N–H and O–H groups in total. The van der Waals surface area contributed by atoms with Crippen LogP contribution in [0.1, 0.15) is 66.7 Å². The summed E-state index contributed by atoms with van der Waals surface area (Å²) in [6.07, 6.45) is 5.71. The van der Waals surface area contributed by atoms with Crippen LogP contribution in [0, 0.1) is 13.8 Å². The molecule has 0 bridgehead atoms. The maximum Gasteiger partial charge on any atom is 0.253 e. The van der Waals surface area contributed by atoms with Gasteiger partial charge in [0.1, 0.15) is 6.04 Å². The Morgan fingerprint density at radius 3 is 2.52 bits per heavy atom. The minimum atomic E-state index is -0.365. The first kappa shape index (κ1) is 25.1. The summed E-state index contributed by atoms with van der Waals surface area (Å²) in [5, 5.41) is 14.1. The summed E-state index contributed by atoms with van der Waals surface area (Å²) in [5.41, 5.74) is 5.06. The number of hydrogen-bond acceptors (Lipinski definition) is 8. The van der Waals surface area contributed by atoms with Gasteiger partial charge in [-0.05, 0) is 66.4 Å². The molecular formula is C30H35N7O3. The molecule has 2 aromatic carbocycles. The third-order valence-corrected chi connectivity index (χ3v) is 8.73. The number of anilines is 1. The number of piperazine rings is 1. The highest BCUT2D eigenvalue weighted by molar-refractivity contribution is 5.83. The summed E-state index contributed by atoms with van der Waals surface area (Å²) < 4.78 is 13.2. The first-order valence-corrected chi connectivity index (χ1v) is 14.4. The zero-order valence-electron chi connectivity index (χ0n) is 23.1. The van der Waals surface area contributed by atoms with Crippen LogP contribution >= 0.6 is 0 Å². The van der Waals surface area contributed by atoms with Gasteiger partial charge in [-0.25, -0.2) is 4.68 Å². The predicted octanol–water partition coefficient (Wildman–Crippen LogP) is 4.28. The largest absolute Gasteiger partial charge is 0.454 e. The molecule has 1 aliphatic carbocycles. The molecular weight excluding hydrogens is 506 g/mol. The lowest BCUT2D eigenvalue weighted by Crippen LogP contribution is -2.49. The molecule has 0 amide bonds. The third-order valence-electron chi connectivity index (χ3n) is 8.73. The third kappa shape index (κ3) is 4.50. The van der Waals surface area contributed by atoms with E-state index >= 15 is 0 Å². The van der Waals surface area contributed by atoms with Crippen molar-refractivity contribution in [1.29, 1.82) is 0 Å². The second-order valence-corrected chi connectivity index (χ2v) is 11.3. The van der Waals surface area contributed by atoms with Crippen molar-refractivity contribution in [1.82, 2.24) is 30.1 Å².